The lowest BCUT2D eigenvalue weighted by Crippen LogP contribution is -2.52. The molecule has 1 aliphatic rings. The Morgan fingerprint density at radius 3 is 3.00 bits per heavy atom. The van der Waals surface area contributed by atoms with Gasteiger partial charge in [0.2, 0.25) is 0 Å². The number of piperazine rings is 1. The highest BCUT2D eigenvalue weighted by molar-refractivity contribution is 5.67. The topological polar surface area (TPSA) is 65.4 Å². The molecule has 1 aliphatic heterocycles. The van der Waals surface area contributed by atoms with Gasteiger partial charge in [-0.25, -0.2) is 4.79 Å². The van der Waals surface area contributed by atoms with Crippen molar-refractivity contribution in [3.63, 3.8) is 0 Å². The highest BCUT2D eigenvalue weighted by Crippen LogP contribution is 2.07. The van der Waals surface area contributed by atoms with Crippen LogP contribution >= 0.6 is 0 Å². The van der Waals surface area contributed by atoms with E-state index in [1.807, 2.05) is 30.3 Å². The van der Waals surface area contributed by atoms with Crippen LogP contribution in [0.2, 0.25) is 0 Å². The maximum absolute atomic E-state index is 11.9. The molecule has 0 radical (unpaired) electrons. The van der Waals surface area contributed by atoms with E-state index in [4.69, 9.17) is 10.00 Å². The van der Waals surface area contributed by atoms with E-state index in [9.17, 15) is 4.79 Å². The number of hydrogen-bond acceptors (Lipinski definition) is 4. The van der Waals surface area contributed by atoms with Crippen molar-refractivity contribution < 1.29 is 9.53 Å². The minimum atomic E-state index is -0.312. The first-order valence-electron chi connectivity index (χ1n) is 6.35. The van der Waals surface area contributed by atoms with Crippen molar-refractivity contribution in [3.05, 3.63) is 35.9 Å². The van der Waals surface area contributed by atoms with Crippen LogP contribution in [-0.4, -0.2) is 36.7 Å². The number of benzene rings is 1. The minimum absolute atomic E-state index is 0.0445. The number of amides is 1. The third kappa shape index (κ3) is 3.97. The summed E-state index contributed by atoms with van der Waals surface area (Å²) in [6.07, 6.45) is 0.0935. The van der Waals surface area contributed by atoms with E-state index in [0.29, 0.717) is 26.1 Å². The first-order chi connectivity index (χ1) is 9.29. The van der Waals surface area contributed by atoms with Gasteiger partial charge in [0.15, 0.2) is 0 Å². The Balaban J connectivity index is 1.81. The Bertz CT molecular complexity index is 456. The fourth-order valence-electron chi connectivity index (χ4n) is 2.05. The second-order valence-electron chi connectivity index (χ2n) is 4.50. The van der Waals surface area contributed by atoms with Crippen LogP contribution in [0.1, 0.15) is 12.0 Å². The Kier molecular flexibility index (Phi) is 4.76. The lowest BCUT2D eigenvalue weighted by molar-refractivity contribution is 0.0853. The smallest absolute Gasteiger partial charge is 0.410 e. The van der Waals surface area contributed by atoms with Gasteiger partial charge < -0.3 is 15.0 Å². The van der Waals surface area contributed by atoms with Gasteiger partial charge in [0.1, 0.15) is 6.61 Å². The zero-order valence-corrected chi connectivity index (χ0v) is 10.7. The predicted octanol–water partition coefficient (Wildman–Crippen LogP) is 1.51. The van der Waals surface area contributed by atoms with E-state index >= 15 is 0 Å². The molecule has 5 heteroatoms. The van der Waals surface area contributed by atoms with E-state index in [2.05, 4.69) is 11.4 Å². The van der Waals surface area contributed by atoms with Crippen LogP contribution in [0.4, 0.5) is 4.79 Å². The summed E-state index contributed by atoms with van der Waals surface area (Å²) in [4.78, 5) is 13.6. The molecule has 0 unspecified atom stereocenters. The maximum atomic E-state index is 11.9. The summed E-state index contributed by atoms with van der Waals surface area (Å²) in [5.74, 6) is 0. The third-order valence-electron chi connectivity index (χ3n) is 3.06. The second-order valence-corrected chi connectivity index (χ2v) is 4.50. The molecule has 1 fully saturated rings. The van der Waals surface area contributed by atoms with Crippen LogP contribution < -0.4 is 5.32 Å². The lowest BCUT2D eigenvalue weighted by atomic mass is 10.1. The molecule has 0 aromatic heterocycles. The summed E-state index contributed by atoms with van der Waals surface area (Å²) < 4.78 is 5.27. The highest BCUT2D eigenvalue weighted by atomic mass is 16.6. The molecule has 1 saturated heterocycles. The quantitative estimate of drug-likeness (QED) is 0.893. The zero-order chi connectivity index (χ0) is 13.5. The van der Waals surface area contributed by atoms with Gasteiger partial charge in [0, 0.05) is 25.7 Å². The first-order valence-corrected chi connectivity index (χ1v) is 6.35. The fourth-order valence-corrected chi connectivity index (χ4v) is 2.05. The van der Waals surface area contributed by atoms with Gasteiger partial charge in [0.25, 0.3) is 0 Å². The molecule has 19 heavy (non-hydrogen) atoms. The Hall–Kier alpha value is -2.06. The fraction of sp³-hybridized carbons (Fsp3) is 0.429. The Labute approximate surface area is 112 Å². The highest BCUT2D eigenvalue weighted by Gasteiger charge is 2.23. The van der Waals surface area contributed by atoms with Crippen molar-refractivity contribution in [2.75, 3.05) is 19.6 Å². The summed E-state index contributed by atoms with van der Waals surface area (Å²) in [6, 6.07) is 11.8. The number of nitrogens with one attached hydrogen (secondary N) is 1. The monoisotopic (exact) mass is 259 g/mol. The van der Waals surface area contributed by atoms with Crippen LogP contribution in [-0.2, 0) is 11.3 Å². The Morgan fingerprint density at radius 2 is 2.26 bits per heavy atom. The predicted molar refractivity (Wildman–Crippen MR) is 70.2 cm³/mol. The van der Waals surface area contributed by atoms with Gasteiger partial charge in [-0.15, -0.1) is 0 Å². The van der Waals surface area contributed by atoms with Gasteiger partial charge in [-0.05, 0) is 5.56 Å². The molecule has 1 atom stereocenters. The zero-order valence-electron chi connectivity index (χ0n) is 10.7. The van der Waals surface area contributed by atoms with Crippen LogP contribution in [0.3, 0.4) is 0 Å². The average molecular weight is 259 g/mol. The molecule has 5 nitrogen and oxygen atoms in total. The van der Waals surface area contributed by atoms with Gasteiger partial charge in [-0.3, -0.25) is 0 Å². The number of nitriles is 1. The lowest BCUT2D eigenvalue weighted by Gasteiger charge is -2.31. The van der Waals surface area contributed by atoms with E-state index in [-0.39, 0.29) is 18.7 Å². The van der Waals surface area contributed by atoms with Crippen molar-refractivity contribution in [3.8, 4) is 6.07 Å². The summed E-state index contributed by atoms with van der Waals surface area (Å²) >= 11 is 0. The van der Waals surface area contributed by atoms with Crippen LogP contribution in [0, 0.1) is 11.3 Å². The number of carbonyl (C=O) groups excluding carboxylic acids is 1. The molecular formula is C14H17N3O2. The minimum Gasteiger partial charge on any atom is -0.445 e. The largest absolute Gasteiger partial charge is 0.445 e. The number of nitrogens with zero attached hydrogens (tertiary/aromatic N) is 2. The van der Waals surface area contributed by atoms with Crippen molar-refractivity contribution in [2.45, 2.75) is 19.1 Å². The van der Waals surface area contributed by atoms with E-state index < -0.39 is 0 Å². The van der Waals surface area contributed by atoms with Crippen molar-refractivity contribution in [2.24, 2.45) is 0 Å². The average Bonchev–Trinajstić information content (AvgIpc) is 2.46. The van der Waals surface area contributed by atoms with E-state index in [1.54, 1.807) is 4.90 Å². The SMILES string of the molecule is N#CC[C@H]1CN(C(=O)OCc2ccccc2)CCN1. The molecular weight excluding hydrogens is 242 g/mol. The molecule has 0 bridgehead atoms. The van der Waals surface area contributed by atoms with Crippen molar-refractivity contribution in [1.29, 1.82) is 5.26 Å². The summed E-state index contributed by atoms with van der Waals surface area (Å²) in [5.41, 5.74) is 0.972. The van der Waals surface area contributed by atoms with Gasteiger partial charge in [0.05, 0.1) is 12.5 Å². The van der Waals surface area contributed by atoms with Crippen molar-refractivity contribution >= 4 is 6.09 Å². The molecule has 2 rings (SSSR count). The number of hydrogen-bond donors (Lipinski definition) is 1. The maximum Gasteiger partial charge on any atom is 0.410 e. The normalized spacial score (nSPS) is 18.7. The number of carbonyl (C=O) groups is 1. The number of rotatable bonds is 3. The number of ether oxygens (including phenoxy) is 1. The summed E-state index contributed by atoms with van der Waals surface area (Å²) in [5, 5.41) is 11.9. The van der Waals surface area contributed by atoms with Crippen LogP contribution in [0.25, 0.3) is 0 Å². The second kappa shape index (κ2) is 6.76. The van der Waals surface area contributed by atoms with Gasteiger partial charge in [-0.1, -0.05) is 30.3 Å². The first kappa shape index (κ1) is 13.4. The molecule has 1 amide bonds. The summed E-state index contributed by atoms with van der Waals surface area (Å²) in [7, 11) is 0. The van der Waals surface area contributed by atoms with E-state index in [0.717, 1.165) is 5.56 Å². The van der Waals surface area contributed by atoms with Crippen LogP contribution in [0.5, 0.6) is 0 Å². The summed E-state index contributed by atoms with van der Waals surface area (Å²) in [6.45, 7) is 2.13. The molecule has 0 spiro atoms. The van der Waals surface area contributed by atoms with Gasteiger partial charge >= 0.3 is 6.09 Å². The van der Waals surface area contributed by atoms with Crippen LogP contribution in [0.15, 0.2) is 30.3 Å². The standard InChI is InChI=1S/C14H17N3O2/c15-7-6-13-10-17(9-8-16-13)14(18)19-11-12-4-2-1-3-5-12/h1-5,13,16H,6,8-11H2/t13-/m0/s1. The van der Waals surface area contributed by atoms with Gasteiger partial charge in [-0.2, -0.15) is 5.26 Å². The molecule has 0 saturated carbocycles. The van der Waals surface area contributed by atoms with Crippen molar-refractivity contribution in [1.82, 2.24) is 10.2 Å². The molecule has 1 N–H and O–H groups in total. The third-order valence-corrected chi connectivity index (χ3v) is 3.06. The molecule has 100 valence electrons. The molecule has 1 aromatic rings. The Morgan fingerprint density at radius 1 is 1.47 bits per heavy atom. The molecule has 0 aliphatic carbocycles. The molecule has 1 aromatic carbocycles. The molecule has 1 heterocycles. The van der Waals surface area contributed by atoms with E-state index in [1.165, 1.54) is 0 Å².